The van der Waals surface area contributed by atoms with Gasteiger partial charge < -0.3 is 10.2 Å². The second kappa shape index (κ2) is 5.66. The predicted molar refractivity (Wildman–Crippen MR) is 82.2 cm³/mol. The zero-order chi connectivity index (χ0) is 15.6. The van der Waals surface area contributed by atoms with Crippen molar-refractivity contribution in [1.29, 1.82) is 0 Å². The Bertz CT molecular complexity index is 759. The molecule has 2 rings (SSSR count). The molecular weight excluding hydrogens is 290 g/mol. The molecule has 0 saturated carbocycles. The number of sulfonamides is 1. The number of aryl methyl sites for hydroxylation is 1. The molecule has 0 aliphatic heterocycles. The van der Waals surface area contributed by atoms with E-state index < -0.39 is 10.0 Å². The summed E-state index contributed by atoms with van der Waals surface area (Å²) in [6, 6.07) is 6.19. The standard InChI is InChI=1S/C13H17N5O2S/c1-9-8-15-13(17-12(9)18(2)3)16-10-5-4-6-11(7-10)21(14,19)20/h4-8H,1-3H3,(H2,14,19,20)(H,15,16,17). The fraction of sp³-hybridized carbons (Fsp3) is 0.231. The molecule has 2 aromatic rings. The second-order valence-electron chi connectivity index (χ2n) is 4.79. The maximum absolute atomic E-state index is 11.3. The topological polar surface area (TPSA) is 101 Å². The quantitative estimate of drug-likeness (QED) is 0.881. The summed E-state index contributed by atoms with van der Waals surface area (Å²) in [5.41, 5.74) is 1.50. The van der Waals surface area contributed by atoms with Crippen molar-refractivity contribution in [3.05, 3.63) is 36.0 Å². The van der Waals surface area contributed by atoms with Gasteiger partial charge in [-0.1, -0.05) is 6.07 Å². The average molecular weight is 307 g/mol. The van der Waals surface area contributed by atoms with Crippen molar-refractivity contribution in [2.24, 2.45) is 5.14 Å². The molecule has 8 heteroatoms. The number of anilines is 3. The highest BCUT2D eigenvalue weighted by Crippen LogP contribution is 2.20. The van der Waals surface area contributed by atoms with Crippen molar-refractivity contribution in [3.8, 4) is 0 Å². The van der Waals surface area contributed by atoms with Gasteiger partial charge in [-0.05, 0) is 25.1 Å². The molecule has 0 radical (unpaired) electrons. The maximum atomic E-state index is 11.3. The first-order valence-corrected chi connectivity index (χ1v) is 7.73. The SMILES string of the molecule is Cc1cnc(Nc2cccc(S(N)(=O)=O)c2)nc1N(C)C. The van der Waals surface area contributed by atoms with Crippen molar-refractivity contribution < 1.29 is 8.42 Å². The van der Waals surface area contributed by atoms with E-state index in [1.54, 1.807) is 18.3 Å². The number of aromatic nitrogens is 2. The number of hydrogen-bond acceptors (Lipinski definition) is 6. The molecule has 0 amide bonds. The van der Waals surface area contributed by atoms with E-state index in [2.05, 4.69) is 15.3 Å². The lowest BCUT2D eigenvalue weighted by atomic mass is 10.3. The van der Waals surface area contributed by atoms with Crippen LogP contribution < -0.4 is 15.4 Å². The Balaban J connectivity index is 2.33. The number of hydrogen-bond donors (Lipinski definition) is 2. The molecule has 0 atom stereocenters. The van der Waals surface area contributed by atoms with E-state index in [1.165, 1.54) is 12.1 Å². The third-order valence-corrected chi connectivity index (χ3v) is 3.70. The first-order chi connectivity index (χ1) is 9.77. The van der Waals surface area contributed by atoms with Crippen LogP contribution in [-0.2, 0) is 10.0 Å². The van der Waals surface area contributed by atoms with Crippen molar-refractivity contribution >= 4 is 27.5 Å². The molecule has 0 fully saturated rings. The number of nitrogens with zero attached hydrogens (tertiary/aromatic N) is 3. The van der Waals surface area contributed by atoms with Crippen LogP contribution in [-0.4, -0.2) is 32.5 Å². The number of nitrogens with two attached hydrogens (primary N) is 1. The smallest absolute Gasteiger partial charge is 0.238 e. The van der Waals surface area contributed by atoms with E-state index in [9.17, 15) is 8.42 Å². The monoisotopic (exact) mass is 307 g/mol. The summed E-state index contributed by atoms with van der Waals surface area (Å²) in [5.74, 6) is 1.17. The summed E-state index contributed by atoms with van der Waals surface area (Å²) in [7, 11) is 0.0443. The van der Waals surface area contributed by atoms with Gasteiger partial charge in [-0.15, -0.1) is 0 Å². The second-order valence-corrected chi connectivity index (χ2v) is 6.35. The fourth-order valence-corrected chi connectivity index (χ4v) is 2.39. The van der Waals surface area contributed by atoms with Gasteiger partial charge in [0, 0.05) is 31.5 Å². The largest absolute Gasteiger partial charge is 0.362 e. The third-order valence-electron chi connectivity index (χ3n) is 2.79. The van der Waals surface area contributed by atoms with Gasteiger partial charge in [-0.2, -0.15) is 4.98 Å². The van der Waals surface area contributed by atoms with E-state index >= 15 is 0 Å². The average Bonchev–Trinajstić information content (AvgIpc) is 2.40. The van der Waals surface area contributed by atoms with Gasteiger partial charge in [-0.3, -0.25) is 0 Å². The molecule has 0 spiro atoms. The normalized spacial score (nSPS) is 11.2. The van der Waals surface area contributed by atoms with E-state index in [4.69, 9.17) is 5.14 Å². The molecule has 1 heterocycles. The maximum Gasteiger partial charge on any atom is 0.238 e. The molecule has 0 saturated heterocycles. The highest BCUT2D eigenvalue weighted by atomic mass is 32.2. The van der Waals surface area contributed by atoms with Crippen LogP contribution in [0.1, 0.15) is 5.56 Å². The van der Waals surface area contributed by atoms with Crippen LogP contribution in [0.4, 0.5) is 17.5 Å². The van der Waals surface area contributed by atoms with Crippen LogP contribution in [0, 0.1) is 6.92 Å². The van der Waals surface area contributed by atoms with Crippen molar-refractivity contribution in [2.75, 3.05) is 24.3 Å². The van der Waals surface area contributed by atoms with Crippen LogP contribution in [0.3, 0.4) is 0 Å². The van der Waals surface area contributed by atoms with Crippen LogP contribution in [0.2, 0.25) is 0 Å². The first-order valence-electron chi connectivity index (χ1n) is 6.18. The highest BCUT2D eigenvalue weighted by molar-refractivity contribution is 7.89. The Labute approximate surface area is 123 Å². The lowest BCUT2D eigenvalue weighted by molar-refractivity contribution is 0.598. The lowest BCUT2D eigenvalue weighted by Crippen LogP contribution is -2.14. The molecule has 0 unspecified atom stereocenters. The van der Waals surface area contributed by atoms with Gasteiger partial charge in [0.2, 0.25) is 16.0 Å². The van der Waals surface area contributed by atoms with Gasteiger partial charge in [0.1, 0.15) is 5.82 Å². The number of nitrogens with one attached hydrogen (secondary N) is 1. The van der Waals surface area contributed by atoms with Crippen LogP contribution >= 0.6 is 0 Å². The molecule has 0 aliphatic carbocycles. The van der Waals surface area contributed by atoms with Gasteiger partial charge in [0.25, 0.3) is 0 Å². The molecule has 7 nitrogen and oxygen atoms in total. The van der Waals surface area contributed by atoms with E-state index in [0.717, 1.165) is 11.4 Å². The zero-order valence-corrected chi connectivity index (χ0v) is 12.8. The van der Waals surface area contributed by atoms with Crippen molar-refractivity contribution in [2.45, 2.75) is 11.8 Å². The van der Waals surface area contributed by atoms with Crippen molar-refractivity contribution in [3.63, 3.8) is 0 Å². The summed E-state index contributed by atoms with van der Waals surface area (Å²) < 4.78 is 22.7. The summed E-state index contributed by atoms with van der Waals surface area (Å²) in [6.45, 7) is 1.92. The Morgan fingerprint density at radius 1 is 1.29 bits per heavy atom. The summed E-state index contributed by atoms with van der Waals surface area (Å²) >= 11 is 0. The number of rotatable bonds is 4. The zero-order valence-electron chi connectivity index (χ0n) is 12.0. The first kappa shape index (κ1) is 15.2. The predicted octanol–water partition coefficient (Wildman–Crippen LogP) is 1.24. The molecule has 1 aromatic carbocycles. The Kier molecular flexibility index (Phi) is 4.10. The summed E-state index contributed by atoms with van der Waals surface area (Å²) in [4.78, 5) is 10.5. The van der Waals surface area contributed by atoms with E-state index in [1.807, 2.05) is 25.9 Å². The number of benzene rings is 1. The highest BCUT2D eigenvalue weighted by Gasteiger charge is 2.10. The Morgan fingerprint density at radius 3 is 2.62 bits per heavy atom. The van der Waals surface area contributed by atoms with Crippen LogP contribution in [0.25, 0.3) is 0 Å². The van der Waals surface area contributed by atoms with Gasteiger partial charge in [0.05, 0.1) is 4.90 Å². The lowest BCUT2D eigenvalue weighted by Gasteiger charge is -2.15. The molecule has 21 heavy (non-hydrogen) atoms. The fourth-order valence-electron chi connectivity index (χ4n) is 1.83. The molecular formula is C13H17N5O2S. The minimum Gasteiger partial charge on any atom is -0.362 e. The molecule has 1 aromatic heterocycles. The van der Waals surface area contributed by atoms with E-state index in [0.29, 0.717) is 11.6 Å². The van der Waals surface area contributed by atoms with Crippen LogP contribution in [0.5, 0.6) is 0 Å². The molecule has 0 bridgehead atoms. The van der Waals surface area contributed by atoms with Gasteiger partial charge in [-0.25, -0.2) is 18.5 Å². The van der Waals surface area contributed by atoms with Crippen LogP contribution in [0.15, 0.2) is 35.4 Å². The Morgan fingerprint density at radius 2 is 2.00 bits per heavy atom. The number of primary sulfonamides is 1. The summed E-state index contributed by atoms with van der Waals surface area (Å²) in [5, 5.41) is 8.08. The van der Waals surface area contributed by atoms with E-state index in [-0.39, 0.29) is 4.90 Å². The molecule has 112 valence electrons. The summed E-state index contributed by atoms with van der Waals surface area (Å²) in [6.07, 6.45) is 1.70. The van der Waals surface area contributed by atoms with Crippen molar-refractivity contribution in [1.82, 2.24) is 9.97 Å². The molecule has 3 N–H and O–H groups in total. The minimum atomic E-state index is -3.73. The minimum absolute atomic E-state index is 0.0347. The Hall–Kier alpha value is -2.19. The molecule has 0 aliphatic rings. The third kappa shape index (κ3) is 3.67. The van der Waals surface area contributed by atoms with Gasteiger partial charge in [0.15, 0.2) is 0 Å². The van der Waals surface area contributed by atoms with Gasteiger partial charge >= 0.3 is 0 Å².